The van der Waals surface area contributed by atoms with Gasteiger partial charge in [0, 0.05) is 29.7 Å². The smallest absolute Gasteiger partial charge is 0.342 e. The largest absolute Gasteiger partial charge is 0.434 e. The zero-order chi connectivity index (χ0) is 19.9. The summed E-state index contributed by atoms with van der Waals surface area (Å²) in [6.45, 7) is 3.57. The van der Waals surface area contributed by atoms with Gasteiger partial charge in [-0.15, -0.1) is 0 Å². The number of aromatic amines is 1. The number of nitrogens with zero attached hydrogens (tertiary/aromatic N) is 5. The van der Waals surface area contributed by atoms with Gasteiger partial charge in [-0.2, -0.15) is 18.2 Å². The molecule has 1 aliphatic rings. The molecule has 0 amide bonds. The molecule has 1 fully saturated rings. The van der Waals surface area contributed by atoms with Crippen LogP contribution in [-0.4, -0.2) is 43.5 Å². The molecule has 148 valence electrons. The van der Waals surface area contributed by atoms with Crippen molar-refractivity contribution in [3.05, 3.63) is 30.2 Å². The van der Waals surface area contributed by atoms with Crippen molar-refractivity contribution in [2.75, 3.05) is 18.0 Å². The van der Waals surface area contributed by atoms with E-state index in [0.29, 0.717) is 17.1 Å². The molecular formula is C17H18F3N7S. The van der Waals surface area contributed by atoms with E-state index >= 15 is 0 Å². The highest BCUT2D eigenvalue weighted by Gasteiger charge is 2.35. The molecule has 0 saturated carbocycles. The molecule has 3 aromatic heterocycles. The van der Waals surface area contributed by atoms with E-state index in [-0.39, 0.29) is 15.6 Å². The monoisotopic (exact) mass is 409 g/mol. The maximum Gasteiger partial charge on any atom is 0.434 e. The molecule has 0 unspecified atom stereocenters. The number of halogens is 3. The van der Waals surface area contributed by atoms with E-state index in [1.54, 1.807) is 0 Å². The molecule has 11 heteroatoms. The third kappa shape index (κ3) is 3.90. The molecule has 28 heavy (non-hydrogen) atoms. The highest BCUT2D eigenvalue weighted by atomic mass is 32.2. The number of nitrogens with two attached hydrogens (primary N) is 1. The topological polar surface area (TPSA) is 96.6 Å². The molecule has 0 radical (unpaired) electrons. The van der Waals surface area contributed by atoms with Gasteiger partial charge in [-0.3, -0.25) is 4.98 Å². The average molecular weight is 409 g/mol. The Hall–Kier alpha value is -2.40. The first-order chi connectivity index (χ1) is 13.2. The average Bonchev–Trinajstić information content (AvgIpc) is 3.04. The summed E-state index contributed by atoms with van der Waals surface area (Å²) in [6.07, 6.45) is -0.210. The highest BCUT2D eigenvalue weighted by Crippen LogP contribution is 2.37. The van der Waals surface area contributed by atoms with Crippen LogP contribution < -0.4 is 10.6 Å². The van der Waals surface area contributed by atoms with E-state index in [4.69, 9.17) is 5.73 Å². The molecule has 1 saturated heterocycles. The second-order valence-corrected chi connectivity index (χ2v) is 8.05. The maximum atomic E-state index is 13.1. The molecule has 1 aliphatic heterocycles. The number of hydrogen-bond acceptors (Lipinski definition) is 7. The summed E-state index contributed by atoms with van der Waals surface area (Å²) < 4.78 is 39.4. The Balaban J connectivity index is 1.58. The molecule has 3 N–H and O–H groups in total. The summed E-state index contributed by atoms with van der Waals surface area (Å²) in [5, 5.41) is 0.178. The van der Waals surface area contributed by atoms with Crippen molar-refractivity contribution in [3.63, 3.8) is 0 Å². The van der Waals surface area contributed by atoms with Crippen LogP contribution in [0.4, 0.5) is 19.1 Å². The van der Waals surface area contributed by atoms with Crippen molar-refractivity contribution >= 4 is 28.9 Å². The van der Waals surface area contributed by atoms with Crippen molar-refractivity contribution in [2.24, 2.45) is 5.73 Å². The SMILES string of the molecule is CC1(N)CCN(c2nc3nc(Sc4cccnc4C(F)(F)F)ncc3[nH]2)CC1. The molecule has 3 aromatic rings. The summed E-state index contributed by atoms with van der Waals surface area (Å²) in [7, 11) is 0. The standard InChI is InChI=1S/C17H18F3N7S/c1-16(21)4-7-27(8-5-16)14-24-10-9-23-15(26-13(10)25-14)28-11-3-2-6-22-12(11)17(18,19)20/h2-3,6,9H,4-5,7-8,21H2,1H3,(H,23,24,25,26). The zero-order valence-corrected chi connectivity index (χ0v) is 15.8. The van der Waals surface area contributed by atoms with Crippen molar-refractivity contribution in [1.82, 2.24) is 24.9 Å². The number of alkyl halides is 3. The van der Waals surface area contributed by atoms with E-state index in [0.717, 1.165) is 43.9 Å². The van der Waals surface area contributed by atoms with Gasteiger partial charge in [-0.25, -0.2) is 9.97 Å². The van der Waals surface area contributed by atoms with Gasteiger partial charge in [0.15, 0.2) is 16.5 Å². The van der Waals surface area contributed by atoms with E-state index < -0.39 is 11.9 Å². The number of anilines is 1. The van der Waals surface area contributed by atoms with Gasteiger partial charge < -0.3 is 15.6 Å². The summed E-state index contributed by atoms with van der Waals surface area (Å²) in [5.74, 6) is 0.666. The Labute approximate surface area is 163 Å². The lowest BCUT2D eigenvalue weighted by atomic mass is 9.91. The second-order valence-electron chi connectivity index (χ2n) is 7.04. The first-order valence-electron chi connectivity index (χ1n) is 8.68. The molecule has 0 atom stereocenters. The van der Waals surface area contributed by atoms with Crippen molar-refractivity contribution in [2.45, 2.75) is 41.5 Å². The lowest BCUT2D eigenvalue weighted by Gasteiger charge is -2.36. The summed E-state index contributed by atoms with van der Waals surface area (Å²) in [4.78, 5) is 21.6. The van der Waals surface area contributed by atoms with Gasteiger partial charge in [0.1, 0.15) is 5.52 Å². The molecule has 0 spiro atoms. The van der Waals surface area contributed by atoms with E-state index in [1.807, 2.05) is 6.92 Å². The van der Waals surface area contributed by atoms with Crippen LogP contribution in [-0.2, 0) is 6.18 Å². The zero-order valence-electron chi connectivity index (χ0n) is 15.0. The minimum absolute atomic E-state index is 0.0524. The van der Waals surface area contributed by atoms with Crippen LogP contribution in [0.25, 0.3) is 11.2 Å². The van der Waals surface area contributed by atoms with Crippen LogP contribution in [0.2, 0.25) is 0 Å². The number of hydrogen-bond donors (Lipinski definition) is 2. The fourth-order valence-corrected chi connectivity index (χ4v) is 3.84. The lowest BCUT2D eigenvalue weighted by molar-refractivity contribution is -0.143. The lowest BCUT2D eigenvalue weighted by Crippen LogP contribution is -2.48. The second kappa shape index (κ2) is 6.89. The van der Waals surface area contributed by atoms with Gasteiger partial charge in [0.2, 0.25) is 5.95 Å². The van der Waals surface area contributed by atoms with Crippen molar-refractivity contribution in [1.29, 1.82) is 0 Å². The molecule has 7 nitrogen and oxygen atoms in total. The minimum Gasteiger partial charge on any atom is -0.342 e. The molecule has 0 aliphatic carbocycles. The number of piperidine rings is 1. The molecule has 4 heterocycles. The Morgan fingerprint density at radius 1 is 1.21 bits per heavy atom. The number of fused-ring (bicyclic) bond motifs is 1. The Kier molecular flexibility index (Phi) is 4.66. The summed E-state index contributed by atoms with van der Waals surface area (Å²) in [5.41, 5.74) is 6.07. The molecular weight excluding hydrogens is 391 g/mol. The quantitative estimate of drug-likeness (QED) is 0.641. The van der Waals surface area contributed by atoms with Crippen LogP contribution in [0, 0.1) is 0 Å². The van der Waals surface area contributed by atoms with Crippen molar-refractivity contribution in [3.8, 4) is 0 Å². The van der Waals surface area contributed by atoms with Gasteiger partial charge in [0.05, 0.1) is 6.20 Å². The van der Waals surface area contributed by atoms with Crippen LogP contribution in [0.5, 0.6) is 0 Å². The first kappa shape index (κ1) is 18.9. The van der Waals surface area contributed by atoms with E-state index in [2.05, 4.69) is 29.8 Å². The normalized spacial score (nSPS) is 17.2. The number of H-pyrrole nitrogens is 1. The van der Waals surface area contributed by atoms with Gasteiger partial charge >= 0.3 is 6.18 Å². The van der Waals surface area contributed by atoms with Crippen LogP contribution in [0.15, 0.2) is 34.6 Å². The highest BCUT2D eigenvalue weighted by molar-refractivity contribution is 7.99. The number of pyridine rings is 1. The van der Waals surface area contributed by atoms with Gasteiger partial charge in [0.25, 0.3) is 0 Å². The fraction of sp³-hybridized carbons (Fsp3) is 0.412. The Morgan fingerprint density at radius 3 is 2.68 bits per heavy atom. The van der Waals surface area contributed by atoms with Crippen LogP contribution in [0.3, 0.4) is 0 Å². The number of rotatable bonds is 3. The van der Waals surface area contributed by atoms with Crippen molar-refractivity contribution < 1.29 is 13.2 Å². The Bertz CT molecular complexity index is 992. The maximum absolute atomic E-state index is 13.1. The Morgan fingerprint density at radius 2 is 1.96 bits per heavy atom. The first-order valence-corrected chi connectivity index (χ1v) is 9.50. The van der Waals surface area contributed by atoms with Gasteiger partial charge in [-0.05, 0) is 43.7 Å². The third-order valence-electron chi connectivity index (χ3n) is 4.65. The van der Waals surface area contributed by atoms with E-state index in [9.17, 15) is 13.2 Å². The third-order valence-corrected chi connectivity index (χ3v) is 5.58. The molecule has 4 rings (SSSR count). The fourth-order valence-electron chi connectivity index (χ4n) is 2.99. The predicted octanol–water partition coefficient (Wildman–Crippen LogP) is 3.24. The molecule has 0 bridgehead atoms. The number of imidazole rings is 1. The van der Waals surface area contributed by atoms with Crippen LogP contribution in [0.1, 0.15) is 25.5 Å². The summed E-state index contributed by atoms with van der Waals surface area (Å²) in [6, 6.07) is 2.80. The molecule has 0 aromatic carbocycles. The summed E-state index contributed by atoms with van der Waals surface area (Å²) >= 11 is 0.812. The predicted molar refractivity (Wildman–Crippen MR) is 99.1 cm³/mol. The number of aromatic nitrogens is 5. The minimum atomic E-state index is -4.54. The number of nitrogens with one attached hydrogen (secondary N) is 1. The van der Waals surface area contributed by atoms with Gasteiger partial charge in [-0.1, -0.05) is 0 Å². The van der Waals surface area contributed by atoms with E-state index in [1.165, 1.54) is 18.3 Å². The van der Waals surface area contributed by atoms with Crippen LogP contribution >= 0.6 is 11.8 Å².